The molecule has 1 aliphatic rings. The third-order valence-electron chi connectivity index (χ3n) is 3.82. The van der Waals surface area contributed by atoms with Crippen molar-refractivity contribution in [1.29, 1.82) is 0 Å². The summed E-state index contributed by atoms with van der Waals surface area (Å²) in [6, 6.07) is 12.7. The summed E-state index contributed by atoms with van der Waals surface area (Å²) in [5.41, 5.74) is 8.68. The van der Waals surface area contributed by atoms with Gasteiger partial charge in [-0.2, -0.15) is 0 Å². The zero-order valence-corrected chi connectivity index (χ0v) is 14.1. The monoisotopic (exact) mass is 356 g/mol. The Balaban J connectivity index is 0.00000192. The number of hydrogen-bond donors (Lipinski definition) is 1. The fourth-order valence-corrected chi connectivity index (χ4v) is 2.90. The van der Waals surface area contributed by atoms with Crippen LogP contribution in [-0.2, 0) is 11.3 Å². The minimum Gasteiger partial charge on any atom is -0.399 e. The molecule has 0 spiro atoms. The minimum absolute atomic E-state index is 0. The molecule has 3 nitrogen and oxygen atoms in total. The van der Waals surface area contributed by atoms with Crippen molar-refractivity contribution in [3.8, 4) is 0 Å². The van der Waals surface area contributed by atoms with E-state index in [2.05, 4.69) is 11.0 Å². The van der Waals surface area contributed by atoms with Gasteiger partial charge in [0.15, 0.2) is 0 Å². The Bertz CT molecular complexity index is 669. The van der Waals surface area contributed by atoms with Crippen molar-refractivity contribution in [3.05, 3.63) is 64.4 Å². The molecule has 6 heteroatoms. The van der Waals surface area contributed by atoms with E-state index >= 15 is 0 Å². The summed E-state index contributed by atoms with van der Waals surface area (Å²) in [5.74, 6) is -0.405. The highest BCUT2D eigenvalue weighted by atomic mass is 35.5. The number of nitrogens with two attached hydrogens (primary N) is 1. The van der Waals surface area contributed by atoms with Crippen molar-refractivity contribution in [2.45, 2.75) is 12.6 Å². The second-order valence-corrected chi connectivity index (χ2v) is 5.92. The number of hydrogen-bond acceptors (Lipinski definition) is 3. The maximum absolute atomic E-state index is 13.3. The third kappa shape index (κ3) is 4.58. The summed E-state index contributed by atoms with van der Waals surface area (Å²) in [6.45, 7) is 3.07. The zero-order valence-electron chi connectivity index (χ0n) is 12.5. The first-order valence-electron chi connectivity index (χ1n) is 7.25. The number of morpholine rings is 1. The van der Waals surface area contributed by atoms with Crippen LogP contribution >= 0.6 is 24.0 Å². The fourth-order valence-electron chi connectivity index (χ4n) is 2.71. The minimum atomic E-state index is -0.405. The summed E-state index contributed by atoms with van der Waals surface area (Å²) in [6.07, 6.45) is -0.0899. The Morgan fingerprint density at radius 2 is 2.09 bits per heavy atom. The van der Waals surface area contributed by atoms with Gasteiger partial charge in [-0.1, -0.05) is 29.8 Å². The molecular weight excluding hydrogens is 338 g/mol. The van der Waals surface area contributed by atoms with Crippen molar-refractivity contribution < 1.29 is 9.13 Å². The van der Waals surface area contributed by atoms with Crippen LogP contribution in [0.3, 0.4) is 0 Å². The van der Waals surface area contributed by atoms with Crippen LogP contribution in [0.25, 0.3) is 0 Å². The number of anilines is 1. The molecule has 0 bridgehead atoms. The molecule has 1 fully saturated rings. The van der Waals surface area contributed by atoms with Gasteiger partial charge in [-0.25, -0.2) is 4.39 Å². The normalized spacial score (nSPS) is 18.4. The average molecular weight is 357 g/mol. The van der Waals surface area contributed by atoms with E-state index in [4.69, 9.17) is 22.1 Å². The van der Waals surface area contributed by atoms with Crippen LogP contribution in [0.4, 0.5) is 10.1 Å². The van der Waals surface area contributed by atoms with E-state index < -0.39 is 5.82 Å². The van der Waals surface area contributed by atoms with E-state index in [1.54, 1.807) is 12.1 Å². The third-order valence-corrected chi connectivity index (χ3v) is 4.11. The Morgan fingerprint density at radius 3 is 2.83 bits per heavy atom. The number of rotatable bonds is 3. The molecule has 1 aliphatic heterocycles. The van der Waals surface area contributed by atoms with Gasteiger partial charge in [0.1, 0.15) is 5.82 Å². The highest BCUT2D eigenvalue weighted by molar-refractivity contribution is 6.30. The van der Waals surface area contributed by atoms with Crippen LogP contribution in [0.2, 0.25) is 5.02 Å². The van der Waals surface area contributed by atoms with Crippen molar-refractivity contribution >= 4 is 29.7 Å². The van der Waals surface area contributed by atoms with Crippen molar-refractivity contribution in [2.75, 3.05) is 25.4 Å². The molecule has 1 saturated heterocycles. The molecular formula is C17H19Cl2FN2O. The van der Waals surface area contributed by atoms with E-state index in [1.807, 2.05) is 18.2 Å². The summed E-state index contributed by atoms with van der Waals surface area (Å²) in [4.78, 5) is 2.31. The van der Waals surface area contributed by atoms with Crippen LogP contribution in [-0.4, -0.2) is 24.6 Å². The molecule has 1 unspecified atom stereocenters. The van der Waals surface area contributed by atoms with Crippen LogP contribution in [0.15, 0.2) is 42.5 Å². The Morgan fingerprint density at radius 1 is 1.26 bits per heavy atom. The molecule has 2 aromatic carbocycles. The largest absolute Gasteiger partial charge is 0.399 e. The maximum Gasteiger partial charge on any atom is 0.141 e. The van der Waals surface area contributed by atoms with Gasteiger partial charge < -0.3 is 10.5 Å². The summed E-state index contributed by atoms with van der Waals surface area (Å²) < 4.78 is 19.1. The van der Waals surface area contributed by atoms with E-state index in [0.29, 0.717) is 6.61 Å². The van der Waals surface area contributed by atoms with Crippen LogP contribution in [0.1, 0.15) is 17.2 Å². The second kappa shape index (κ2) is 7.97. The maximum atomic E-state index is 13.3. The lowest BCUT2D eigenvalue weighted by Gasteiger charge is -2.33. The van der Waals surface area contributed by atoms with Crippen LogP contribution in [0, 0.1) is 5.82 Å². The first-order valence-corrected chi connectivity index (χ1v) is 7.63. The van der Waals surface area contributed by atoms with Gasteiger partial charge in [0.25, 0.3) is 0 Å². The van der Waals surface area contributed by atoms with E-state index in [9.17, 15) is 4.39 Å². The van der Waals surface area contributed by atoms with E-state index in [1.165, 1.54) is 11.6 Å². The van der Waals surface area contributed by atoms with E-state index in [0.717, 1.165) is 30.9 Å². The Labute approximate surface area is 146 Å². The number of ether oxygens (including phenoxy) is 1. The van der Waals surface area contributed by atoms with Crippen molar-refractivity contribution in [2.24, 2.45) is 0 Å². The summed E-state index contributed by atoms with van der Waals surface area (Å²) in [5, 5.41) is 0.133. The first-order chi connectivity index (χ1) is 10.6. The molecule has 0 aliphatic carbocycles. The van der Waals surface area contributed by atoms with Gasteiger partial charge in [-0.05, 0) is 35.4 Å². The molecule has 0 aromatic heterocycles. The van der Waals surface area contributed by atoms with Crippen LogP contribution in [0.5, 0.6) is 0 Å². The number of nitrogen functional groups attached to an aromatic ring is 1. The second-order valence-electron chi connectivity index (χ2n) is 5.51. The topological polar surface area (TPSA) is 38.5 Å². The Kier molecular flexibility index (Phi) is 6.25. The molecule has 1 atom stereocenters. The lowest BCUT2D eigenvalue weighted by atomic mass is 10.1. The molecule has 3 rings (SSSR count). The zero-order chi connectivity index (χ0) is 15.5. The molecule has 2 N–H and O–H groups in total. The molecule has 124 valence electrons. The molecule has 0 saturated carbocycles. The molecule has 2 aromatic rings. The Hall–Kier alpha value is -1.33. The van der Waals surface area contributed by atoms with Gasteiger partial charge >= 0.3 is 0 Å². The smallest absolute Gasteiger partial charge is 0.141 e. The van der Waals surface area contributed by atoms with Crippen molar-refractivity contribution in [3.63, 3.8) is 0 Å². The van der Waals surface area contributed by atoms with Crippen molar-refractivity contribution in [1.82, 2.24) is 4.90 Å². The van der Waals surface area contributed by atoms with Crippen LogP contribution < -0.4 is 5.73 Å². The first kappa shape index (κ1) is 18.0. The highest BCUT2D eigenvalue weighted by Crippen LogP contribution is 2.27. The molecule has 0 radical (unpaired) electrons. The lowest BCUT2D eigenvalue weighted by Crippen LogP contribution is -2.37. The lowest BCUT2D eigenvalue weighted by molar-refractivity contribution is -0.0329. The molecule has 0 amide bonds. The standard InChI is InChI=1S/C17H18ClFN2O.ClH/c18-15-9-13(4-5-16(15)19)17-11-21(6-7-22-17)10-12-2-1-3-14(20)8-12;/h1-5,8-9,17H,6-7,10-11,20H2;1H. The predicted molar refractivity (Wildman–Crippen MR) is 93.5 cm³/mol. The SMILES string of the molecule is Cl.Nc1cccc(CN2CCOC(c3ccc(F)c(Cl)c3)C2)c1. The van der Waals surface area contributed by atoms with Gasteiger partial charge in [-0.3, -0.25) is 4.90 Å². The molecule has 23 heavy (non-hydrogen) atoms. The molecule has 1 heterocycles. The highest BCUT2D eigenvalue weighted by Gasteiger charge is 2.22. The van der Waals surface area contributed by atoms with Gasteiger partial charge in [0.05, 0.1) is 17.7 Å². The summed E-state index contributed by atoms with van der Waals surface area (Å²) in [7, 11) is 0. The van der Waals surface area contributed by atoms with E-state index in [-0.39, 0.29) is 23.5 Å². The number of benzene rings is 2. The van der Waals surface area contributed by atoms with Gasteiger partial charge in [0.2, 0.25) is 0 Å². The van der Waals surface area contributed by atoms with Gasteiger partial charge in [0, 0.05) is 25.3 Å². The summed E-state index contributed by atoms with van der Waals surface area (Å²) >= 11 is 5.86. The number of nitrogens with zero attached hydrogens (tertiary/aromatic N) is 1. The van der Waals surface area contributed by atoms with Gasteiger partial charge in [-0.15, -0.1) is 12.4 Å². The quantitative estimate of drug-likeness (QED) is 0.842. The fraction of sp³-hybridized carbons (Fsp3) is 0.294. The average Bonchev–Trinajstić information content (AvgIpc) is 2.50. The number of halogens is 3. The predicted octanol–water partition coefficient (Wildman–Crippen LogP) is 4.06.